The number of aromatic nitrogens is 2. The largest absolute Gasteiger partial charge is 0.341 e. The number of likely N-dealkylation sites (tertiary alicyclic amines) is 1. The summed E-state index contributed by atoms with van der Waals surface area (Å²) in [5.74, 6) is 0.327. The van der Waals surface area contributed by atoms with E-state index in [1.807, 2.05) is 40.3 Å². The van der Waals surface area contributed by atoms with Crippen molar-refractivity contribution in [2.75, 3.05) is 39.3 Å². The first-order chi connectivity index (χ1) is 14.1. The van der Waals surface area contributed by atoms with Crippen molar-refractivity contribution in [3.8, 4) is 10.7 Å². The quantitative estimate of drug-likeness (QED) is 0.749. The molecule has 0 N–H and O–H groups in total. The third kappa shape index (κ3) is 4.64. The molecular weight excluding hydrogens is 386 g/mol. The molecule has 2 aliphatic heterocycles. The molecule has 8 heteroatoms. The first-order valence-corrected chi connectivity index (χ1v) is 11.2. The van der Waals surface area contributed by atoms with Crippen LogP contribution in [0.1, 0.15) is 25.5 Å². The van der Waals surface area contributed by atoms with Crippen LogP contribution < -0.4 is 0 Å². The number of carbonyl (C=O) groups excluding carboxylic acids is 2. The van der Waals surface area contributed by atoms with Gasteiger partial charge in [0.15, 0.2) is 0 Å². The second-order valence-corrected chi connectivity index (χ2v) is 8.52. The lowest BCUT2D eigenvalue weighted by Gasteiger charge is -2.38. The van der Waals surface area contributed by atoms with E-state index in [9.17, 15) is 9.59 Å². The minimum atomic E-state index is -0.107. The first-order valence-electron chi connectivity index (χ1n) is 10.3. The molecule has 4 rings (SSSR count). The Morgan fingerprint density at radius 1 is 1.07 bits per heavy atom. The molecule has 2 aromatic rings. The van der Waals surface area contributed by atoms with Crippen LogP contribution in [0.2, 0.25) is 0 Å². The van der Waals surface area contributed by atoms with Crippen molar-refractivity contribution < 1.29 is 9.59 Å². The third-order valence-corrected chi connectivity index (χ3v) is 6.67. The van der Waals surface area contributed by atoms with E-state index in [-0.39, 0.29) is 17.9 Å². The summed E-state index contributed by atoms with van der Waals surface area (Å²) in [6.07, 6.45) is 4.28. The summed E-state index contributed by atoms with van der Waals surface area (Å²) in [4.78, 5) is 40.3. The molecule has 0 saturated carbocycles. The van der Waals surface area contributed by atoms with Crippen LogP contribution in [0.25, 0.3) is 10.7 Å². The normalized spacial score (nSPS) is 18.8. The highest BCUT2D eigenvalue weighted by Crippen LogP contribution is 2.22. The Bertz CT molecular complexity index is 842. The van der Waals surface area contributed by atoms with Gasteiger partial charge in [-0.3, -0.25) is 19.5 Å². The maximum atomic E-state index is 12.7. The molecule has 154 valence electrons. The van der Waals surface area contributed by atoms with Gasteiger partial charge in [0, 0.05) is 50.8 Å². The second kappa shape index (κ2) is 9.00. The van der Waals surface area contributed by atoms with Crippen molar-refractivity contribution >= 4 is 23.2 Å². The Balaban J connectivity index is 1.28. The number of pyridine rings is 1. The van der Waals surface area contributed by atoms with Gasteiger partial charge >= 0.3 is 0 Å². The Morgan fingerprint density at radius 3 is 2.52 bits per heavy atom. The number of nitrogens with zero attached hydrogens (tertiary/aromatic N) is 5. The molecule has 1 unspecified atom stereocenters. The lowest BCUT2D eigenvalue weighted by molar-refractivity contribution is -0.137. The highest BCUT2D eigenvalue weighted by Gasteiger charge is 2.31. The van der Waals surface area contributed by atoms with Gasteiger partial charge in [0.1, 0.15) is 5.01 Å². The van der Waals surface area contributed by atoms with Crippen LogP contribution in [-0.2, 0) is 16.0 Å². The molecular formula is C21H27N5O2S. The van der Waals surface area contributed by atoms with E-state index in [1.54, 1.807) is 6.20 Å². The molecule has 2 saturated heterocycles. The minimum absolute atomic E-state index is 0.0982. The van der Waals surface area contributed by atoms with Gasteiger partial charge in [-0.25, -0.2) is 4.98 Å². The predicted octanol–water partition coefficient (Wildman–Crippen LogP) is 1.90. The Kier molecular flexibility index (Phi) is 6.20. The maximum absolute atomic E-state index is 12.7. The Morgan fingerprint density at radius 2 is 1.83 bits per heavy atom. The molecule has 0 bridgehead atoms. The van der Waals surface area contributed by atoms with E-state index in [4.69, 9.17) is 0 Å². The minimum Gasteiger partial charge on any atom is -0.341 e. The number of amides is 2. The van der Waals surface area contributed by atoms with Gasteiger partial charge in [0.2, 0.25) is 11.8 Å². The van der Waals surface area contributed by atoms with Gasteiger partial charge in [0.05, 0.1) is 23.9 Å². The smallest absolute Gasteiger partial charge is 0.239 e. The van der Waals surface area contributed by atoms with E-state index in [0.717, 1.165) is 55.4 Å². The monoisotopic (exact) mass is 413 g/mol. The van der Waals surface area contributed by atoms with Crippen LogP contribution in [0.3, 0.4) is 0 Å². The zero-order valence-electron chi connectivity index (χ0n) is 16.8. The fourth-order valence-electron chi connectivity index (χ4n) is 3.98. The highest BCUT2D eigenvalue weighted by atomic mass is 32.1. The molecule has 2 fully saturated rings. The van der Waals surface area contributed by atoms with E-state index < -0.39 is 0 Å². The summed E-state index contributed by atoms with van der Waals surface area (Å²) < 4.78 is 0. The molecule has 2 aromatic heterocycles. The SMILES string of the molecule is CC(C(=O)N1CCCC1)N1CCN(C(=O)Cc2csc(-c3ccccn3)n2)CC1. The van der Waals surface area contributed by atoms with Gasteiger partial charge in [-0.15, -0.1) is 11.3 Å². The van der Waals surface area contributed by atoms with Crippen LogP contribution in [0.5, 0.6) is 0 Å². The van der Waals surface area contributed by atoms with Crippen LogP contribution in [-0.4, -0.2) is 81.8 Å². The zero-order chi connectivity index (χ0) is 20.2. The van der Waals surface area contributed by atoms with Crippen molar-refractivity contribution in [1.29, 1.82) is 0 Å². The molecule has 0 aromatic carbocycles. The van der Waals surface area contributed by atoms with Gasteiger partial charge in [-0.2, -0.15) is 0 Å². The molecule has 4 heterocycles. The highest BCUT2D eigenvalue weighted by molar-refractivity contribution is 7.13. The van der Waals surface area contributed by atoms with Gasteiger partial charge < -0.3 is 9.80 Å². The molecule has 2 aliphatic rings. The third-order valence-electron chi connectivity index (χ3n) is 5.76. The van der Waals surface area contributed by atoms with Crippen molar-refractivity contribution in [3.63, 3.8) is 0 Å². The van der Waals surface area contributed by atoms with Crippen molar-refractivity contribution in [2.45, 2.75) is 32.2 Å². The summed E-state index contributed by atoms with van der Waals surface area (Å²) in [7, 11) is 0. The molecule has 0 radical (unpaired) electrons. The standard InChI is InChI=1S/C21H27N5O2S/c1-16(21(28)26-8-4-5-9-26)24-10-12-25(13-11-24)19(27)14-17-15-29-20(23-17)18-6-2-3-7-22-18/h2-3,6-7,15-16H,4-5,8-14H2,1H3. The molecule has 1 atom stereocenters. The number of carbonyl (C=O) groups is 2. The molecule has 29 heavy (non-hydrogen) atoms. The average Bonchev–Trinajstić information content (AvgIpc) is 3.46. The van der Waals surface area contributed by atoms with Crippen LogP contribution in [0.4, 0.5) is 0 Å². The van der Waals surface area contributed by atoms with Crippen LogP contribution >= 0.6 is 11.3 Å². The van der Waals surface area contributed by atoms with E-state index in [2.05, 4.69) is 14.9 Å². The van der Waals surface area contributed by atoms with Gasteiger partial charge in [-0.05, 0) is 31.9 Å². The fourth-order valence-corrected chi connectivity index (χ4v) is 4.77. The topological polar surface area (TPSA) is 69.6 Å². The Labute approximate surface area is 175 Å². The summed E-state index contributed by atoms with van der Waals surface area (Å²) in [5.41, 5.74) is 1.63. The number of piperazine rings is 1. The lowest BCUT2D eigenvalue weighted by Crippen LogP contribution is -2.55. The molecule has 0 aliphatic carbocycles. The van der Waals surface area contributed by atoms with E-state index >= 15 is 0 Å². The summed E-state index contributed by atoms with van der Waals surface area (Å²) in [6.45, 7) is 6.56. The van der Waals surface area contributed by atoms with E-state index in [1.165, 1.54) is 11.3 Å². The van der Waals surface area contributed by atoms with Crippen molar-refractivity contribution in [1.82, 2.24) is 24.7 Å². The number of hydrogen-bond acceptors (Lipinski definition) is 6. The molecule has 7 nitrogen and oxygen atoms in total. The number of hydrogen-bond donors (Lipinski definition) is 0. The van der Waals surface area contributed by atoms with Crippen LogP contribution in [0.15, 0.2) is 29.8 Å². The molecule has 2 amide bonds. The van der Waals surface area contributed by atoms with E-state index in [0.29, 0.717) is 19.5 Å². The molecule has 0 spiro atoms. The van der Waals surface area contributed by atoms with Crippen LogP contribution in [0, 0.1) is 0 Å². The van der Waals surface area contributed by atoms with Crippen molar-refractivity contribution in [3.05, 3.63) is 35.5 Å². The van der Waals surface area contributed by atoms with Crippen molar-refractivity contribution in [2.24, 2.45) is 0 Å². The number of rotatable bonds is 5. The Hall–Kier alpha value is -2.32. The summed E-state index contributed by atoms with van der Waals surface area (Å²) in [6, 6.07) is 5.63. The predicted molar refractivity (Wildman–Crippen MR) is 112 cm³/mol. The number of thiazole rings is 1. The lowest BCUT2D eigenvalue weighted by atomic mass is 10.2. The van der Waals surface area contributed by atoms with Gasteiger partial charge in [0.25, 0.3) is 0 Å². The zero-order valence-corrected chi connectivity index (χ0v) is 17.6. The fraction of sp³-hybridized carbons (Fsp3) is 0.524. The average molecular weight is 414 g/mol. The maximum Gasteiger partial charge on any atom is 0.239 e. The van der Waals surface area contributed by atoms with Gasteiger partial charge in [-0.1, -0.05) is 6.07 Å². The summed E-state index contributed by atoms with van der Waals surface area (Å²) in [5, 5.41) is 2.78. The second-order valence-electron chi connectivity index (χ2n) is 7.66. The first kappa shape index (κ1) is 20.0. The summed E-state index contributed by atoms with van der Waals surface area (Å²) >= 11 is 1.52.